The molecule has 1 aliphatic heterocycles. The van der Waals surface area contributed by atoms with Gasteiger partial charge in [0.1, 0.15) is 12.1 Å². The van der Waals surface area contributed by atoms with Crippen LogP contribution >= 0.6 is 0 Å². The van der Waals surface area contributed by atoms with Crippen LogP contribution in [0.3, 0.4) is 0 Å². The van der Waals surface area contributed by atoms with E-state index in [9.17, 15) is 0 Å². The Kier molecular flexibility index (Phi) is 5.31. The minimum Gasteiger partial charge on any atom is -0.463 e. The molecule has 0 spiro atoms. The molecule has 2 aromatic rings. The highest BCUT2D eigenvalue weighted by Crippen LogP contribution is 2.29. The van der Waals surface area contributed by atoms with Gasteiger partial charge in [0.15, 0.2) is 12.0 Å². The number of allylic oxidation sites excluding steroid dienone is 4. The Hall–Kier alpha value is -3.54. The predicted molar refractivity (Wildman–Crippen MR) is 119 cm³/mol. The second kappa shape index (κ2) is 8.06. The van der Waals surface area contributed by atoms with Gasteiger partial charge in [0.25, 0.3) is 0 Å². The van der Waals surface area contributed by atoms with Crippen LogP contribution in [0.2, 0.25) is 0 Å². The van der Waals surface area contributed by atoms with Crippen molar-refractivity contribution in [2.75, 3.05) is 11.1 Å². The van der Waals surface area contributed by atoms with Crippen LogP contribution in [0.25, 0.3) is 11.3 Å². The molecule has 6 nitrogen and oxygen atoms in total. The van der Waals surface area contributed by atoms with Crippen molar-refractivity contribution in [3.63, 3.8) is 0 Å². The standard InChI is InChI=1S/C24H26N4O2/c1-24(2,3)18-11-9-16(10-12-18)19-13-21(28-23(25)26-19)27-22-15-29-14-20(30-22)17-7-5-4-6-8-17/h4-5,7,9-15H,6,8H2,1-3H3,(H3,25,26,27,28). The van der Waals surface area contributed by atoms with E-state index in [2.05, 4.69) is 66.4 Å². The Morgan fingerprint density at radius 1 is 1.07 bits per heavy atom. The number of nitrogens with two attached hydrogens (primary N) is 1. The summed E-state index contributed by atoms with van der Waals surface area (Å²) in [6.07, 6.45) is 11.2. The molecule has 0 saturated carbocycles. The highest BCUT2D eigenvalue weighted by atomic mass is 16.6. The maximum absolute atomic E-state index is 5.96. The Bertz CT molecular complexity index is 1060. The summed E-state index contributed by atoms with van der Waals surface area (Å²) >= 11 is 0. The van der Waals surface area contributed by atoms with Crippen LogP contribution < -0.4 is 11.1 Å². The summed E-state index contributed by atoms with van der Waals surface area (Å²) in [5.41, 5.74) is 10.1. The predicted octanol–water partition coefficient (Wildman–Crippen LogP) is 5.40. The molecule has 6 heteroatoms. The highest BCUT2D eigenvalue weighted by Gasteiger charge is 2.17. The van der Waals surface area contributed by atoms with E-state index in [0.717, 1.165) is 29.7 Å². The molecule has 3 N–H and O–H groups in total. The van der Waals surface area contributed by atoms with Crippen molar-refractivity contribution in [3.05, 3.63) is 83.9 Å². The summed E-state index contributed by atoms with van der Waals surface area (Å²) in [5.74, 6) is 1.84. The van der Waals surface area contributed by atoms with Crippen molar-refractivity contribution in [1.82, 2.24) is 9.97 Å². The second-order valence-corrected chi connectivity index (χ2v) is 8.31. The molecule has 0 atom stereocenters. The van der Waals surface area contributed by atoms with Crippen LogP contribution in [0.4, 0.5) is 11.8 Å². The van der Waals surface area contributed by atoms with Crippen molar-refractivity contribution in [2.45, 2.75) is 39.0 Å². The molecular weight excluding hydrogens is 376 g/mol. The lowest BCUT2D eigenvalue weighted by Crippen LogP contribution is -2.12. The van der Waals surface area contributed by atoms with Crippen LogP contribution in [0, 0.1) is 0 Å². The maximum Gasteiger partial charge on any atom is 0.234 e. The zero-order chi connectivity index (χ0) is 21.1. The molecule has 0 saturated heterocycles. The SMILES string of the molecule is CC(C)(C)c1ccc(-c2cc(NC3=COC=C(C4=CC=CCC4)O3)nc(N)n2)cc1. The molecule has 30 heavy (non-hydrogen) atoms. The van der Waals surface area contributed by atoms with Crippen molar-refractivity contribution in [1.29, 1.82) is 0 Å². The number of anilines is 2. The van der Waals surface area contributed by atoms with Crippen LogP contribution in [-0.4, -0.2) is 9.97 Å². The van der Waals surface area contributed by atoms with Crippen molar-refractivity contribution >= 4 is 11.8 Å². The topological polar surface area (TPSA) is 82.3 Å². The molecular formula is C24H26N4O2. The van der Waals surface area contributed by atoms with Gasteiger partial charge in [-0.25, -0.2) is 4.98 Å². The minimum absolute atomic E-state index is 0.0928. The summed E-state index contributed by atoms with van der Waals surface area (Å²) in [6, 6.07) is 10.2. The fourth-order valence-electron chi connectivity index (χ4n) is 3.27. The van der Waals surface area contributed by atoms with Crippen LogP contribution in [0.15, 0.2) is 78.3 Å². The van der Waals surface area contributed by atoms with Crippen LogP contribution in [-0.2, 0) is 14.9 Å². The number of hydrogen-bond acceptors (Lipinski definition) is 6. The number of rotatable bonds is 4. The molecule has 0 radical (unpaired) electrons. The number of nitrogens with zero attached hydrogens (tertiary/aromatic N) is 2. The molecule has 1 aromatic heterocycles. The largest absolute Gasteiger partial charge is 0.463 e. The molecule has 0 unspecified atom stereocenters. The van der Waals surface area contributed by atoms with E-state index < -0.39 is 0 Å². The first-order valence-corrected chi connectivity index (χ1v) is 10.0. The van der Waals surface area contributed by atoms with E-state index in [0.29, 0.717) is 17.5 Å². The molecule has 154 valence electrons. The van der Waals surface area contributed by atoms with E-state index >= 15 is 0 Å². The summed E-state index contributed by atoms with van der Waals surface area (Å²) in [5, 5.41) is 3.13. The Morgan fingerprint density at radius 3 is 2.57 bits per heavy atom. The van der Waals surface area contributed by atoms with Crippen molar-refractivity contribution in [2.24, 2.45) is 0 Å². The normalized spacial score (nSPS) is 16.0. The molecule has 2 heterocycles. The number of ether oxygens (including phenoxy) is 2. The summed E-state index contributed by atoms with van der Waals surface area (Å²) in [7, 11) is 0. The van der Waals surface area contributed by atoms with Crippen LogP contribution in [0.5, 0.6) is 0 Å². The van der Waals surface area contributed by atoms with Gasteiger partial charge in [0, 0.05) is 11.6 Å². The maximum atomic E-state index is 5.96. The lowest BCUT2D eigenvalue weighted by molar-refractivity contribution is 0.233. The summed E-state index contributed by atoms with van der Waals surface area (Å²) < 4.78 is 11.4. The molecule has 0 bridgehead atoms. The third-order valence-corrected chi connectivity index (χ3v) is 4.94. The van der Waals surface area contributed by atoms with Gasteiger partial charge < -0.3 is 20.5 Å². The molecule has 2 aliphatic rings. The first-order valence-electron chi connectivity index (χ1n) is 10.0. The fourth-order valence-corrected chi connectivity index (χ4v) is 3.27. The first-order chi connectivity index (χ1) is 14.4. The Morgan fingerprint density at radius 2 is 1.87 bits per heavy atom. The lowest BCUT2D eigenvalue weighted by Gasteiger charge is -2.20. The third-order valence-electron chi connectivity index (χ3n) is 4.94. The lowest BCUT2D eigenvalue weighted by atomic mass is 9.86. The Balaban J connectivity index is 1.52. The highest BCUT2D eigenvalue weighted by molar-refractivity contribution is 5.65. The molecule has 1 aromatic carbocycles. The number of benzene rings is 1. The van der Waals surface area contributed by atoms with Gasteiger partial charge in [0.05, 0.1) is 5.69 Å². The minimum atomic E-state index is 0.0928. The average Bonchev–Trinajstić information content (AvgIpc) is 2.74. The number of hydrogen-bond donors (Lipinski definition) is 2. The van der Waals surface area contributed by atoms with Crippen molar-refractivity contribution < 1.29 is 9.47 Å². The summed E-state index contributed by atoms with van der Waals surface area (Å²) in [4.78, 5) is 8.67. The third kappa shape index (κ3) is 4.54. The molecule has 0 amide bonds. The van der Waals surface area contributed by atoms with E-state index in [-0.39, 0.29) is 11.4 Å². The van der Waals surface area contributed by atoms with Crippen molar-refractivity contribution in [3.8, 4) is 11.3 Å². The first kappa shape index (κ1) is 19.8. The van der Waals surface area contributed by atoms with E-state index in [1.807, 2.05) is 18.2 Å². The second-order valence-electron chi connectivity index (χ2n) is 8.31. The van der Waals surface area contributed by atoms with E-state index in [1.165, 1.54) is 11.8 Å². The fraction of sp³-hybridized carbons (Fsp3) is 0.250. The molecule has 4 rings (SSSR count). The van der Waals surface area contributed by atoms with Gasteiger partial charge in [-0.1, -0.05) is 63.3 Å². The smallest absolute Gasteiger partial charge is 0.234 e. The quantitative estimate of drug-likeness (QED) is 0.713. The monoisotopic (exact) mass is 402 g/mol. The average molecular weight is 402 g/mol. The van der Waals surface area contributed by atoms with E-state index in [4.69, 9.17) is 15.2 Å². The van der Waals surface area contributed by atoms with Gasteiger partial charge >= 0.3 is 0 Å². The van der Waals surface area contributed by atoms with E-state index in [1.54, 1.807) is 6.26 Å². The summed E-state index contributed by atoms with van der Waals surface area (Å²) in [6.45, 7) is 6.57. The van der Waals surface area contributed by atoms with Gasteiger partial charge in [-0.05, 0) is 29.4 Å². The van der Waals surface area contributed by atoms with Gasteiger partial charge in [-0.3, -0.25) is 0 Å². The van der Waals surface area contributed by atoms with Gasteiger partial charge in [0.2, 0.25) is 11.8 Å². The van der Waals surface area contributed by atoms with Crippen LogP contribution in [0.1, 0.15) is 39.2 Å². The number of nitrogens with one attached hydrogen (secondary N) is 1. The zero-order valence-corrected chi connectivity index (χ0v) is 17.5. The Labute approximate surface area is 176 Å². The molecule has 1 aliphatic carbocycles. The molecule has 0 fully saturated rings. The van der Waals surface area contributed by atoms with Gasteiger partial charge in [-0.2, -0.15) is 4.98 Å². The zero-order valence-electron chi connectivity index (χ0n) is 17.5. The number of nitrogen functional groups attached to an aromatic ring is 1. The van der Waals surface area contributed by atoms with Gasteiger partial charge in [-0.15, -0.1) is 0 Å². The number of aromatic nitrogens is 2.